The zero-order valence-electron chi connectivity index (χ0n) is 13.1. The average molecular weight is 283 g/mol. The van der Waals surface area contributed by atoms with Crippen LogP contribution in [0.15, 0.2) is 42.5 Å². The Morgan fingerprint density at radius 3 is 2.29 bits per heavy atom. The fraction of sp³-hybridized carbons (Fsp3) is 0.368. The fourth-order valence-corrected chi connectivity index (χ4v) is 2.90. The van der Waals surface area contributed by atoms with Gasteiger partial charge < -0.3 is 10.8 Å². The molecule has 0 saturated heterocycles. The van der Waals surface area contributed by atoms with Crippen LogP contribution in [0, 0.1) is 0 Å². The number of nitrogens with two attached hydrogens (primary N) is 1. The topological polar surface area (TPSA) is 46.2 Å². The molecule has 0 amide bonds. The second kappa shape index (κ2) is 6.77. The van der Waals surface area contributed by atoms with Gasteiger partial charge in [-0.05, 0) is 30.0 Å². The smallest absolute Gasteiger partial charge is 0.122 e. The fourth-order valence-electron chi connectivity index (χ4n) is 2.90. The van der Waals surface area contributed by atoms with Crippen molar-refractivity contribution in [2.45, 2.75) is 45.6 Å². The molecule has 0 spiro atoms. The molecule has 2 rings (SSSR count). The van der Waals surface area contributed by atoms with Gasteiger partial charge in [0.1, 0.15) is 5.75 Å². The number of hydrogen-bond acceptors (Lipinski definition) is 2. The first kappa shape index (κ1) is 15.6. The van der Waals surface area contributed by atoms with Crippen LogP contribution in [0.3, 0.4) is 0 Å². The third kappa shape index (κ3) is 3.27. The molecule has 2 atom stereocenters. The van der Waals surface area contributed by atoms with Crippen molar-refractivity contribution in [1.29, 1.82) is 0 Å². The summed E-state index contributed by atoms with van der Waals surface area (Å²) in [4.78, 5) is 0. The Labute approximate surface area is 127 Å². The van der Waals surface area contributed by atoms with Crippen molar-refractivity contribution < 1.29 is 5.11 Å². The molecule has 0 aromatic heterocycles. The lowest BCUT2D eigenvalue weighted by Gasteiger charge is -2.22. The van der Waals surface area contributed by atoms with Crippen LogP contribution in [0.25, 0.3) is 0 Å². The van der Waals surface area contributed by atoms with Gasteiger partial charge in [0, 0.05) is 17.5 Å². The van der Waals surface area contributed by atoms with E-state index in [1.165, 1.54) is 5.56 Å². The molecule has 2 heteroatoms. The summed E-state index contributed by atoms with van der Waals surface area (Å²) in [5.41, 5.74) is 10.3. The minimum absolute atomic E-state index is 0.0901. The lowest BCUT2D eigenvalue weighted by atomic mass is 9.85. The van der Waals surface area contributed by atoms with Gasteiger partial charge in [-0.25, -0.2) is 0 Å². The molecule has 0 heterocycles. The molecular weight excluding hydrogens is 258 g/mol. The van der Waals surface area contributed by atoms with Gasteiger partial charge >= 0.3 is 0 Å². The SMILES string of the molecule is CCCc1ccc(C(C)N)c(C(C)c2ccccc2)c1O. The maximum atomic E-state index is 10.7. The van der Waals surface area contributed by atoms with Gasteiger partial charge in [-0.3, -0.25) is 0 Å². The first-order valence-corrected chi connectivity index (χ1v) is 7.71. The van der Waals surface area contributed by atoms with Gasteiger partial charge in [0.25, 0.3) is 0 Å². The molecule has 2 unspecified atom stereocenters. The molecule has 0 saturated carbocycles. The highest BCUT2D eigenvalue weighted by Crippen LogP contribution is 2.38. The normalized spacial score (nSPS) is 13.9. The van der Waals surface area contributed by atoms with E-state index in [4.69, 9.17) is 5.73 Å². The second-order valence-electron chi connectivity index (χ2n) is 5.75. The first-order valence-electron chi connectivity index (χ1n) is 7.71. The number of benzene rings is 2. The van der Waals surface area contributed by atoms with E-state index in [-0.39, 0.29) is 12.0 Å². The summed E-state index contributed by atoms with van der Waals surface area (Å²) >= 11 is 0. The molecule has 21 heavy (non-hydrogen) atoms. The van der Waals surface area contributed by atoms with E-state index in [0.29, 0.717) is 5.75 Å². The van der Waals surface area contributed by atoms with Crippen molar-refractivity contribution in [3.63, 3.8) is 0 Å². The van der Waals surface area contributed by atoms with Crippen LogP contribution in [0.5, 0.6) is 5.75 Å². The van der Waals surface area contributed by atoms with Gasteiger partial charge in [0.05, 0.1) is 0 Å². The Bertz CT molecular complexity index is 590. The maximum Gasteiger partial charge on any atom is 0.122 e. The van der Waals surface area contributed by atoms with Gasteiger partial charge in [-0.15, -0.1) is 0 Å². The molecule has 2 aromatic carbocycles. The Morgan fingerprint density at radius 1 is 1.05 bits per heavy atom. The monoisotopic (exact) mass is 283 g/mol. The van der Waals surface area contributed by atoms with E-state index in [0.717, 1.165) is 29.5 Å². The van der Waals surface area contributed by atoms with Gasteiger partial charge in [0.2, 0.25) is 0 Å². The summed E-state index contributed by atoms with van der Waals surface area (Å²) in [6.07, 6.45) is 1.91. The molecule has 0 fully saturated rings. The predicted molar refractivity (Wildman–Crippen MR) is 88.7 cm³/mol. The lowest BCUT2D eigenvalue weighted by Crippen LogP contribution is -2.12. The van der Waals surface area contributed by atoms with Gasteiger partial charge in [0.15, 0.2) is 0 Å². The number of hydrogen-bond donors (Lipinski definition) is 2. The van der Waals surface area contributed by atoms with Crippen molar-refractivity contribution >= 4 is 0 Å². The van der Waals surface area contributed by atoms with Crippen molar-refractivity contribution in [1.82, 2.24) is 0 Å². The van der Waals surface area contributed by atoms with E-state index in [9.17, 15) is 5.11 Å². The Kier molecular flexibility index (Phi) is 5.03. The van der Waals surface area contributed by atoms with E-state index in [1.54, 1.807) is 0 Å². The molecule has 0 radical (unpaired) electrons. The zero-order valence-corrected chi connectivity index (χ0v) is 13.1. The molecule has 0 aliphatic heterocycles. The second-order valence-corrected chi connectivity index (χ2v) is 5.75. The molecule has 112 valence electrons. The third-order valence-corrected chi connectivity index (χ3v) is 4.08. The van der Waals surface area contributed by atoms with Crippen molar-refractivity contribution in [2.75, 3.05) is 0 Å². The molecule has 0 bridgehead atoms. The van der Waals surface area contributed by atoms with Crippen LogP contribution in [0.2, 0.25) is 0 Å². The Balaban J connectivity index is 2.56. The van der Waals surface area contributed by atoms with E-state index >= 15 is 0 Å². The highest BCUT2D eigenvalue weighted by Gasteiger charge is 2.21. The van der Waals surface area contributed by atoms with Crippen LogP contribution in [0.4, 0.5) is 0 Å². The van der Waals surface area contributed by atoms with Crippen LogP contribution in [-0.2, 0) is 6.42 Å². The van der Waals surface area contributed by atoms with Crippen LogP contribution >= 0.6 is 0 Å². The molecule has 3 N–H and O–H groups in total. The zero-order chi connectivity index (χ0) is 15.4. The molecule has 2 nitrogen and oxygen atoms in total. The minimum Gasteiger partial charge on any atom is -0.507 e. The Morgan fingerprint density at radius 2 is 1.71 bits per heavy atom. The van der Waals surface area contributed by atoms with Crippen molar-refractivity contribution in [2.24, 2.45) is 5.73 Å². The van der Waals surface area contributed by atoms with Crippen molar-refractivity contribution in [3.8, 4) is 5.75 Å². The third-order valence-electron chi connectivity index (χ3n) is 4.08. The summed E-state index contributed by atoms with van der Waals surface area (Å²) in [7, 11) is 0. The van der Waals surface area contributed by atoms with E-state index in [1.807, 2.05) is 31.2 Å². The van der Waals surface area contributed by atoms with Crippen molar-refractivity contribution in [3.05, 3.63) is 64.7 Å². The first-order chi connectivity index (χ1) is 10.1. The largest absolute Gasteiger partial charge is 0.507 e. The summed E-state index contributed by atoms with van der Waals surface area (Å²) in [5.74, 6) is 0.548. The van der Waals surface area contributed by atoms with Crippen LogP contribution < -0.4 is 5.73 Å². The number of aromatic hydroxyl groups is 1. The van der Waals surface area contributed by atoms with Gasteiger partial charge in [-0.1, -0.05) is 62.7 Å². The Hall–Kier alpha value is -1.80. The van der Waals surface area contributed by atoms with E-state index in [2.05, 4.69) is 32.0 Å². The highest BCUT2D eigenvalue weighted by atomic mass is 16.3. The highest BCUT2D eigenvalue weighted by molar-refractivity contribution is 5.51. The summed E-state index contributed by atoms with van der Waals surface area (Å²) in [6.45, 7) is 6.22. The van der Waals surface area contributed by atoms with Gasteiger partial charge in [-0.2, -0.15) is 0 Å². The number of phenols is 1. The average Bonchev–Trinajstić information content (AvgIpc) is 2.49. The summed E-state index contributed by atoms with van der Waals surface area (Å²) in [6, 6.07) is 14.3. The summed E-state index contributed by atoms with van der Waals surface area (Å²) < 4.78 is 0. The number of rotatable bonds is 5. The molecule has 0 aliphatic carbocycles. The maximum absolute atomic E-state index is 10.7. The minimum atomic E-state index is -0.0901. The lowest BCUT2D eigenvalue weighted by molar-refractivity contribution is 0.456. The molecule has 0 aliphatic rings. The number of phenolic OH excluding ortho intramolecular Hbond substituents is 1. The van der Waals surface area contributed by atoms with Crippen LogP contribution in [0.1, 0.15) is 61.4 Å². The predicted octanol–water partition coefficient (Wildman–Crippen LogP) is 4.52. The van der Waals surface area contributed by atoms with Crippen LogP contribution in [-0.4, -0.2) is 5.11 Å². The standard InChI is InChI=1S/C19H25NO/c1-4-8-16-11-12-17(14(3)20)18(19(16)21)13(2)15-9-6-5-7-10-15/h5-7,9-14,21H,4,8,20H2,1-3H3. The molecule has 2 aromatic rings. The molecular formula is C19H25NO. The van der Waals surface area contributed by atoms with E-state index < -0.39 is 0 Å². The summed E-state index contributed by atoms with van der Waals surface area (Å²) in [5, 5.41) is 10.7. The number of aryl methyl sites for hydroxylation is 1. The quantitative estimate of drug-likeness (QED) is 0.847.